The molecule has 2 aromatic carbocycles. The van der Waals surface area contributed by atoms with Gasteiger partial charge < -0.3 is 9.15 Å². The minimum absolute atomic E-state index is 0.255. The molecular weight excluding hydrogens is 356 g/mol. The van der Waals surface area contributed by atoms with Crippen LogP contribution in [0.15, 0.2) is 57.4 Å². The zero-order valence-electron chi connectivity index (χ0n) is 13.0. The van der Waals surface area contributed by atoms with Crippen LogP contribution in [0, 0.1) is 0 Å². The highest BCUT2D eigenvalue weighted by atomic mass is 79.9. The number of nitrogens with zero attached hydrogens (tertiary/aromatic N) is 2. The van der Waals surface area contributed by atoms with Crippen LogP contribution >= 0.6 is 15.9 Å². The van der Waals surface area contributed by atoms with Crippen molar-refractivity contribution in [3.8, 4) is 17.2 Å². The first-order valence-electron chi connectivity index (χ1n) is 7.43. The Hall–Kier alpha value is -2.14. The topological polar surface area (TPSA) is 48.2 Å². The van der Waals surface area contributed by atoms with Crippen LogP contribution in [0.5, 0.6) is 5.75 Å². The number of hydrogen-bond acceptors (Lipinski definition) is 4. The van der Waals surface area contributed by atoms with Gasteiger partial charge in [0.1, 0.15) is 5.75 Å². The van der Waals surface area contributed by atoms with Crippen molar-refractivity contribution in [3.05, 3.63) is 64.5 Å². The van der Waals surface area contributed by atoms with Crippen LogP contribution in [0.1, 0.15) is 31.2 Å². The van der Waals surface area contributed by atoms with Gasteiger partial charge in [-0.2, -0.15) is 0 Å². The number of halogens is 1. The maximum Gasteiger partial charge on any atom is 0.254 e. The van der Waals surface area contributed by atoms with Crippen LogP contribution in [0.2, 0.25) is 0 Å². The molecule has 0 aliphatic carbocycles. The van der Waals surface area contributed by atoms with Crippen LogP contribution in [0.4, 0.5) is 0 Å². The summed E-state index contributed by atoms with van der Waals surface area (Å²) in [4.78, 5) is 0. The minimum Gasteiger partial charge on any atom is -0.484 e. The predicted molar refractivity (Wildman–Crippen MR) is 92.3 cm³/mol. The Labute approximate surface area is 143 Å². The Morgan fingerprint density at radius 3 is 2.35 bits per heavy atom. The van der Waals surface area contributed by atoms with E-state index >= 15 is 0 Å². The van der Waals surface area contributed by atoms with Crippen LogP contribution in [-0.2, 0) is 6.61 Å². The van der Waals surface area contributed by atoms with Gasteiger partial charge in [0, 0.05) is 10.0 Å². The van der Waals surface area contributed by atoms with E-state index in [0.29, 0.717) is 17.7 Å². The van der Waals surface area contributed by atoms with E-state index in [1.54, 1.807) is 0 Å². The lowest BCUT2D eigenvalue weighted by Gasteiger charge is -2.07. The average molecular weight is 373 g/mol. The molecule has 0 N–H and O–H groups in total. The SMILES string of the molecule is CC(C)c1ccc(OCc2nnc(-c3ccc(Br)cc3)o2)cc1. The van der Waals surface area contributed by atoms with E-state index in [2.05, 4.69) is 52.1 Å². The molecule has 0 fully saturated rings. The van der Waals surface area contributed by atoms with Gasteiger partial charge in [0.25, 0.3) is 5.89 Å². The van der Waals surface area contributed by atoms with E-state index in [1.807, 2.05) is 36.4 Å². The summed E-state index contributed by atoms with van der Waals surface area (Å²) in [5, 5.41) is 8.08. The smallest absolute Gasteiger partial charge is 0.254 e. The van der Waals surface area contributed by atoms with Crippen molar-refractivity contribution >= 4 is 15.9 Å². The predicted octanol–water partition coefficient (Wildman–Crippen LogP) is 5.20. The third-order valence-electron chi connectivity index (χ3n) is 3.47. The van der Waals surface area contributed by atoms with Crippen molar-refractivity contribution in [3.63, 3.8) is 0 Å². The monoisotopic (exact) mass is 372 g/mol. The Bertz CT molecular complexity index is 764. The van der Waals surface area contributed by atoms with Gasteiger partial charge in [-0.15, -0.1) is 10.2 Å². The van der Waals surface area contributed by atoms with Gasteiger partial charge in [-0.25, -0.2) is 0 Å². The zero-order chi connectivity index (χ0) is 16.2. The van der Waals surface area contributed by atoms with Gasteiger partial charge >= 0.3 is 0 Å². The average Bonchev–Trinajstić information content (AvgIpc) is 3.03. The van der Waals surface area contributed by atoms with Crippen molar-refractivity contribution in [1.29, 1.82) is 0 Å². The quantitative estimate of drug-likeness (QED) is 0.617. The summed E-state index contributed by atoms with van der Waals surface area (Å²) in [6.45, 7) is 4.58. The molecule has 3 rings (SSSR count). The second kappa shape index (κ2) is 6.96. The summed E-state index contributed by atoms with van der Waals surface area (Å²) in [6, 6.07) is 15.8. The molecule has 1 heterocycles. The first-order valence-corrected chi connectivity index (χ1v) is 8.22. The molecule has 0 aliphatic heterocycles. The Balaban J connectivity index is 1.64. The molecule has 3 aromatic rings. The molecule has 23 heavy (non-hydrogen) atoms. The maximum absolute atomic E-state index is 5.69. The Morgan fingerprint density at radius 2 is 1.70 bits per heavy atom. The fourth-order valence-electron chi connectivity index (χ4n) is 2.12. The molecule has 0 radical (unpaired) electrons. The lowest BCUT2D eigenvalue weighted by atomic mass is 10.0. The van der Waals surface area contributed by atoms with Crippen molar-refractivity contribution in [2.24, 2.45) is 0 Å². The third-order valence-corrected chi connectivity index (χ3v) is 4.00. The number of benzene rings is 2. The number of hydrogen-bond donors (Lipinski definition) is 0. The molecule has 0 saturated carbocycles. The van der Waals surface area contributed by atoms with E-state index in [1.165, 1.54) is 5.56 Å². The molecule has 0 spiro atoms. The zero-order valence-corrected chi connectivity index (χ0v) is 14.6. The van der Waals surface area contributed by atoms with Crippen molar-refractivity contribution in [2.75, 3.05) is 0 Å². The fraction of sp³-hybridized carbons (Fsp3) is 0.222. The van der Waals surface area contributed by atoms with Crippen LogP contribution in [-0.4, -0.2) is 10.2 Å². The molecular formula is C18H17BrN2O2. The summed E-state index contributed by atoms with van der Waals surface area (Å²) >= 11 is 3.40. The summed E-state index contributed by atoms with van der Waals surface area (Å²) in [5.74, 6) is 2.24. The molecule has 0 unspecified atom stereocenters. The van der Waals surface area contributed by atoms with Crippen molar-refractivity contribution < 1.29 is 9.15 Å². The second-order valence-corrected chi connectivity index (χ2v) is 6.44. The first-order chi connectivity index (χ1) is 11.1. The number of ether oxygens (including phenoxy) is 1. The molecule has 0 aliphatic rings. The van der Waals surface area contributed by atoms with Gasteiger partial charge in [0.2, 0.25) is 5.89 Å². The third kappa shape index (κ3) is 3.99. The molecule has 118 valence electrons. The molecule has 0 atom stereocenters. The number of rotatable bonds is 5. The van der Waals surface area contributed by atoms with Gasteiger partial charge in [0.15, 0.2) is 6.61 Å². The highest BCUT2D eigenvalue weighted by Crippen LogP contribution is 2.22. The van der Waals surface area contributed by atoms with Gasteiger partial charge in [0.05, 0.1) is 0 Å². The Kier molecular flexibility index (Phi) is 4.76. The molecule has 1 aromatic heterocycles. The summed E-state index contributed by atoms with van der Waals surface area (Å²) < 4.78 is 12.3. The molecule has 0 amide bonds. The fourth-order valence-corrected chi connectivity index (χ4v) is 2.38. The highest BCUT2D eigenvalue weighted by molar-refractivity contribution is 9.10. The Morgan fingerprint density at radius 1 is 1.00 bits per heavy atom. The lowest BCUT2D eigenvalue weighted by molar-refractivity contribution is 0.264. The minimum atomic E-state index is 0.255. The largest absolute Gasteiger partial charge is 0.484 e. The lowest BCUT2D eigenvalue weighted by Crippen LogP contribution is -1.96. The summed E-state index contributed by atoms with van der Waals surface area (Å²) in [5.41, 5.74) is 2.17. The van der Waals surface area contributed by atoms with Crippen molar-refractivity contribution in [1.82, 2.24) is 10.2 Å². The van der Waals surface area contributed by atoms with E-state index in [9.17, 15) is 0 Å². The van der Waals surface area contributed by atoms with Gasteiger partial charge in [-0.05, 0) is 47.9 Å². The van der Waals surface area contributed by atoms with Crippen LogP contribution in [0.3, 0.4) is 0 Å². The summed E-state index contributed by atoms with van der Waals surface area (Å²) in [6.07, 6.45) is 0. The molecule has 5 heteroatoms. The van der Waals surface area contributed by atoms with E-state index in [4.69, 9.17) is 9.15 Å². The van der Waals surface area contributed by atoms with E-state index < -0.39 is 0 Å². The number of aromatic nitrogens is 2. The highest BCUT2D eigenvalue weighted by Gasteiger charge is 2.09. The maximum atomic E-state index is 5.69. The van der Waals surface area contributed by atoms with Crippen molar-refractivity contribution in [2.45, 2.75) is 26.4 Å². The first kappa shape index (κ1) is 15.7. The van der Waals surface area contributed by atoms with E-state index in [0.717, 1.165) is 15.8 Å². The second-order valence-electron chi connectivity index (χ2n) is 5.52. The molecule has 0 saturated heterocycles. The summed E-state index contributed by atoms with van der Waals surface area (Å²) in [7, 11) is 0. The van der Waals surface area contributed by atoms with E-state index in [-0.39, 0.29) is 6.61 Å². The van der Waals surface area contributed by atoms with Crippen LogP contribution < -0.4 is 4.74 Å². The van der Waals surface area contributed by atoms with Gasteiger partial charge in [-0.1, -0.05) is 41.9 Å². The standard InChI is InChI=1S/C18H17BrN2O2/c1-12(2)13-5-9-16(10-6-13)22-11-17-20-21-18(23-17)14-3-7-15(19)8-4-14/h3-10,12H,11H2,1-2H3. The van der Waals surface area contributed by atoms with Crippen LogP contribution in [0.25, 0.3) is 11.5 Å². The normalized spacial score (nSPS) is 11.0. The molecule has 0 bridgehead atoms. The van der Waals surface area contributed by atoms with Gasteiger partial charge in [-0.3, -0.25) is 0 Å². The molecule has 4 nitrogen and oxygen atoms in total.